The van der Waals surface area contributed by atoms with Crippen LogP contribution in [-0.2, 0) is 17.3 Å². The number of amides is 3. The van der Waals surface area contributed by atoms with Gasteiger partial charge in [0.1, 0.15) is 17.3 Å². The van der Waals surface area contributed by atoms with E-state index in [-0.39, 0.29) is 23.2 Å². The van der Waals surface area contributed by atoms with Crippen molar-refractivity contribution in [2.24, 2.45) is 0 Å². The lowest BCUT2D eigenvalue weighted by Crippen LogP contribution is -2.43. The second kappa shape index (κ2) is 10.2. The van der Waals surface area contributed by atoms with E-state index in [1.807, 2.05) is 0 Å². The fourth-order valence-corrected chi connectivity index (χ4v) is 4.62. The highest BCUT2D eigenvalue weighted by atomic mass is 32.2. The Morgan fingerprint density at radius 3 is 2.44 bits per heavy atom. The lowest BCUT2D eigenvalue weighted by molar-refractivity contribution is 0.102. The van der Waals surface area contributed by atoms with Crippen LogP contribution in [0.15, 0.2) is 65.8 Å². The Labute approximate surface area is 224 Å². The van der Waals surface area contributed by atoms with E-state index < -0.39 is 40.1 Å². The predicted octanol–water partition coefficient (Wildman–Crippen LogP) is 4.66. The molecule has 1 aromatic heterocycles. The zero-order chi connectivity index (χ0) is 27.8. The van der Waals surface area contributed by atoms with Crippen LogP contribution < -0.4 is 21.3 Å². The Bertz CT molecular complexity index is 1640. The number of benzene rings is 3. The molecule has 0 bridgehead atoms. The number of hydrogen-bond acceptors (Lipinski definition) is 6. The highest BCUT2D eigenvalue weighted by Crippen LogP contribution is 2.39. The molecule has 4 aromatic rings. The summed E-state index contributed by atoms with van der Waals surface area (Å²) in [6.07, 6.45) is 1.35. The molecule has 0 spiro atoms. The summed E-state index contributed by atoms with van der Waals surface area (Å²) in [5.41, 5.74) is 8.31. The lowest BCUT2D eigenvalue weighted by atomic mass is 9.97. The number of para-hydroxylation sites is 1. The van der Waals surface area contributed by atoms with Crippen LogP contribution in [0.4, 0.5) is 36.5 Å². The standard InChI is InChI=1S/C27H22F2N6O3S/c1-14-6-7-15(25(36)32-17-10-8-16(30)9-11-17)12-18(14)22-19-13-31-27(37)35(23-20(28)4-3-5-21(23)29)24(19)34-26(33-22)39(2)38/h3-12H,13,30H2,1-2H3,(H,31,37)(H,32,36). The molecule has 3 amide bonds. The number of rotatable bonds is 5. The topological polar surface area (TPSA) is 130 Å². The van der Waals surface area contributed by atoms with E-state index in [1.54, 1.807) is 49.4 Å². The number of nitrogens with two attached hydrogens (primary N) is 1. The largest absolute Gasteiger partial charge is 0.399 e. The van der Waals surface area contributed by atoms with Crippen molar-refractivity contribution < 1.29 is 22.6 Å². The van der Waals surface area contributed by atoms with Crippen LogP contribution in [0.1, 0.15) is 21.5 Å². The molecule has 1 aliphatic heterocycles. The molecule has 39 heavy (non-hydrogen) atoms. The third-order valence-electron chi connectivity index (χ3n) is 6.14. The summed E-state index contributed by atoms with van der Waals surface area (Å²) in [6, 6.07) is 14.1. The Hall–Kier alpha value is -4.71. The predicted molar refractivity (Wildman–Crippen MR) is 144 cm³/mol. The molecule has 0 saturated heterocycles. The van der Waals surface area contributed by atoms with Crippen LogP contribution in [0.25, 0.3) is 11.3 Å². The van der Waals surface area contributed by atoms with Crippen molar-refractivity contribution in [2.45, 2.75) is 18.6 Å². The first-order valence-electron chi connectivity index (χ1n) is 11.7. The molecular formula is C27H22F2N6O3S. The van der Waals surface area contributed by atoms with Gasteiger partial charge in [0.15, 0.2) is 5.82 Å². The number of halogens is 2. The number of urea groups is 1. The third kappa shape index (κ3) is 4.93. The van der Waals surface area contributed by atoms with Crippen LogP contribution in [-0.4, -0.2) is 32.4 Å². The van der Waals surface area contributed by atoms with Gasteiger partial charge in [-0.3, -0.25) is 9.00 Å². The molecule has 0 saturated carbocycles. The molecular weight excluding hydrogens is 526 g/mol. The summed E-state index contributed by atoms with van der Waals surface area (Å²) in [5.74, 6) is -2.45. The summed E-state index contributed by atoms with van der Waals surface area (Å²) >= 11 is 0. The molecule has 0 radical (unpaired) electrons. The molecule has 4 N–H and O–H groups in total. The second-order valence-corrected chi connectivity index (χ2v) is 10.1. The lowest BCUT2D eigenvalue weighted by Gasteiger charge is -2.30. The van der Waals surface area contributed by atoms with Crippen molar-refractivity contribution in [2.75, 3.05) is 22.2 Å². The van der Waals surface area contributed by atoms with E-state index in [9.17, 15) is 22.6 Å². The van der Waals surface area contributed by atoms with Crippen molar-refractivity contribution in [1.29, 1.82) is 0 Å². The number of anilines is 4. The van der Waals surface area contributed by atoms with E-state index in [0.29, 0.717) is 33.6 Å². The Kier molecular flexibility index (Phi) is 6.79. The van der Waals surface area contributed by atoms with Crippen molar-refractivity contribution >= 4 is 45.6 Å². The number of carbonyl (C=O) groups is 2. The number of nitrogen functional groups attached to an aromatic ring is 1. The van der Waals surface area contributed by atoms with E-state index in [1.165, 1.54) is 12.3 Å². The fraction of sp³-hybridized carbons (Fsp3) is 0.111. The van der Waals surface area contributed by atoms with Crippen LogP contribution in [0, 0.1) is 18.6 Å². The molecule has 2 heterocycles. The maximum Gasteiger partial charge on any atom is 0.328 e. The van der Waals surface area contributed by atoms with Gasteiger partial charge in [-0.15, -0.1) is 0 Å². The van der Waals surface area contributed by atoms with Gasteiger partial charge in [-0.05, 0) is 61.0 Å². The zero-order valence-electron chi connectivity index (χ0n) is 20.8. The van der Waals surface area contributed by atoms with Crippen LogP contribution >= 0.6 is 0 Å². The molecule has 0 aliphatic carbocycles. The van der Waals surface area contributed by atoms with Crippen LogP contribution in [0.2, 0.25) is 0 Å². The van der Waals surface area contributed by atoms with E-state index in [0.717, 1.165) is 17.0 Å². The number of carbonyl (C=O) groups excluding carboxylic acids is 2. The number of hydrogen-bond donors (Lipinski definition) is 3. The third-order valence-corrected chi connectivity index (χ3v) is 6.83. The average molecular weight is 549 g/mol. The maximum atomic E-state index is 14.8. The van der Waals surface area contributed by atoms with Gasteiger partial charge in [-0.2, -0.15) is 0 Å². The first-order chi connectivity index (χ1) is 18.6. The smallest absolute Gasteiger partial charge is 0.328 e. The maximum absolute atomic E-state index is 14.8. The Morgan fingerprint density at radius 1 is 1.08 bits per heavy atom. The van der Waals surface area contributed by atoms with Crippen molar-refractivity contribution in [3.05, 3.63) is 89.0 Å². The quantitative estimate of drug-likeness (QED) is 0.246. The normalized spacial score (nSPS) is 13.4. The molecule has 1 atom stereocenters. The summed E-state index contributed by atoms with van der Waals surface area (Å²) in [6.45, 7) is 1.73. The van der Waals surface area contributed by atoms with Crippen LogP contribution in [0.3, 0.4) is 0 Å². The fourth-order valence-electron chi connectivity index (χ4n) is 4.19. The first kappa shape index (κ1) is 25.9. The number of aryl methyl sites for hydroxylation is 1. The van der Waals surface area contributed by atoms with Gasteiger partial charge in [0.05, 0.1) is 23.0 Å². The average Bonchev–Trinajstić information content (AvgIpc) is 2.90. The molecule has 1 aliphatic rings. The number of fused-ring (bicyclic) bond motifs is 1. The minimum atomic E-state index is -1.71. The van der Waals surface area contributed by atoms with Gasteiger partial charge < -0.3 is 16.4 Å². The highest BCUT2D eigenvalue weighted by molar-refractivity contribution is 7.84. The minimum Gasteiger partial charge on any atom is -0.399 e. The zero-order valence-corrected chi connectivity index (χ0v) is 21.6. The number of aromatic nitrogens is 2. The molecule has 5 rings (SSSR count). The van der Waals surface area contributed by atoms with Gasteiger partial charge in [0.2, 0.25) is 5.16 Å². The molecule has 3 aromatic carbocycles. The number of nitrogens with zero attached hydrogens (tertiary/aromatic N) is 3. The summed E-state index contributed by atoms with van der Waals surface area (Å²) in [4.78, 5) is 35.5. The van der Waals surface area contributed by atoms with Gasteiger partial charge >= 0.3 is 6.03 Å². The summed E-state index contributed by atoms with van der Waals surface area (Å²) < 4.78 is 42.1. The summed E-state index contributed by atoms with van der Waals surface area (Å²) in [5, 5.41) is 5.26. The highest BCUT2D eigenvalue weighted by Gasteiger charge is 2.34. The Balaban J connectivity index is 1.66. The van der Waals surface area contributed by atoms with E-state index >= 15 is 0 Å². The van der Waals surface area contributed by atoms with Gasteiger partial charge in [-0.25, -0.2) is 28.4 Å². The minimum absolute atomic E-state index is 0.0615. The second-order valence-electron chi connectivity index (χ2n) is 8.78. The van der Waals surface area contributed by atoms with Gasteiger partial charge in [0.25, 0.3) is 5.91 Å². The first-order valence-corrected chi connectivity index (χ1v) is 13.2. The molecule has 9 nitrogen and oxygen atoms in total. The molecule has 0 fully saturated rings. The van der Waals surface area contributed by atoms with Crippen molar-refractivity contribution in [1.82, 2.24) is 15.3 Å². The Morgan fingerprint density at radius 2 is 1.77 bits per heavy atom. The monoisotopic (exact) mass is 548 g/mol. The van der Waals surface area contributed by atoms with Crippen molar-refractivity contribution in [3.8, 4) is 11.3 Å². The van der Waals surface area contributed by atoms with Gasteiger partial charge in [0, 0.05) is 34.3 Å². The molecule has 198 valence electrons. The molecule has 12 heteroatoms. The van der Waals surface area contributed by atoms with Crippen LogP contribution in [0.5, 0.6) is 0 Å². The van der Waals surface area contributed by atoms with Gasteiger partial charge in [-0.1, -0.05) is 12.1 Å². The SMILES string of the molecule is Cc1ccc(C(=O)Nc2ccc(N)cc2)cc1-c1nc(S(C)=O)nc2c1CNC(=O)N2c1c(F)cccc1F. The van der Waals surface area contributed by atoms with E-state index in [2.05, 4.69) is 20.6 Å². The van der Waals surface area contributed by atoms with E-state index in [4.69, 9.17) is 5.73 Å². The van der Waals surface area contributed by atoms with Crippen molar-refractivity contribution in [3.63, 3.8) is 0 Å². The summed E-state index contributed by atoms with van der Waals surface area (Å²) in [7, 11) is -1.71. The number of nitrogens with one attached hydrogen (secondary N) is 2. The molecule has 1 unspecified atom stereocenters.